The van der Waals surface area contributed by atoms with Crippen LogP contribution < -0.4 is 16.8 Å². The number of amides is 4. The Morgan fingerprint density at radius 2 is 0.882 bits per heavy atom. The first-order valence-corrected chi connectivity index (χ1v) is 38.5. The van der Waals surface area contributed by atoms with Crippen LogP contribution in [0.5, 0.6) is 0 Å². The largest absolute Gasteiger partial charge is 0.464 e. The van der Waals surface area contributed by atoms with Gasteiger partial charge in [-0.05, 0) is 117 Å². The van der Waals surface area contributed by atoms with Gasteiger partial charge in [0, 0.05) is 58.1 Å². The summed E-state index contributed by atoms with van der Waals surface area (Å²) in [7, 11) is 0. The fraction of sp³-hybridized carbons (Fsp3) is 0.587. The van der Waals surface area contributed by atoms with Gasteiger partial charge >= 0.3 is 24.0 Å². The van der Waals surface area contributed by atoms with Crippen LogP contribution in [0.3, 0.4) is 0 Å². The van der Waals surface area contributed by atoms with Crippen molar-refractivity contribution >= 4 is 110 Å². The van der Waals surface area contributed by atoms with Crippen LogP contribution in [-0.4, -0.2) is 153 Å². The molecule has 0 unspecified atom stereocenters. The molecule has 10 rings (SSSR count). The van der Waals surface area contributed by atoms with Crippen LogP contribution in [0.25, 0.3) is 0 Å². The Bertz CT molecular complexity index is 3600. The first kappa shape index (κ1) is 82.0. The lowest BCUT2D eigenvalue weighted by molar-refractivity contribution is -0.168. The lowest BCUT2D eigenvalue weighted by Gasteiger charge is -2.44. The number of esters is 3. The SMILES string of the molecule is CC(C)(C)OC(=O)N[C@@H](C(=O)C[C@@H]1C(=O)N2[C@@H]1SC(C)(C)[C@@H]2C(=O)OCCCC#N)c1ccccc1.CC1(C)S[C@@H]2[C@H](CC(=O)[C@H](N)c3ccccc3)C(=O)N2[C@H]1C(=O)OCC1CCCCC1.CC1(C)S[C@@H]2[C@H](CC(=O)[C@H](N)c3ccccc3)C(=O)N2[C@H]1C(=O)OCCCC#N.N#CCCCBr. The van der Waals surface area contributed by atoms with E-state index in [-0.39, 0.29) is 96.1 Å². The van der Waals surface area contributed by atoms with Crippen molar-refractivity contribution in [1.82, 2.24) is 20.0 Å². The Labute approximate surface area is 619 Å². The smallest absolute Gasteiger partial charge is 0.408 e. The second-order valence-electron chi connectivity index (χ2n) is 28.8. The Morgan fingerprint density at radius 1 is 0.539 bits per heavy atom. The summed E-state index contributed by atoms with van der Waals surface area (Å²) in [6.07, 6.45) is 8.35. The summed E-state index contributed by atoms with van der Waals surface area (Å²) in [6, 6.07) is 28.6. The molecule has 550 valence electrons. The van der Waals surface area contributed by atoms with Gasteiger partial charge in [-0.25, -0.2) is 19.2 Å². The molecule has 5 N–H and O–H groups in total. The van der Waals surface area contributed by atoms with Crippen molar-refractivity contribution < 1.29 is 66.9 Å². The number of nitrogens with zero attached hydrogens (tertiary/aromatic N) is 6. The third kappa shape index (κ3) is 20.6. The minimum atomic E-state index is -0.969. The van der Waals surface area contributed by atoms with Crippen LogP contribution in [0.2, 0.25) is 0 Å². The van der Waals surface area contributed by atoms with E-state index in [1.54, 1.807) is 78.7 Å². The first-order valence-electron chi connectivity index (χ1n) is 34.7. The number of thioether (sulfide) groups is 3. The van der Waals surface area contributed by atoms with Gasteiger partial charge in [0.05, 0.1) is 84.0 Å². The van der Waals surface area contributed by atoms with E-state index >= 15 is 0 Å². The van der Waals surface area contributed by atoms with E-state index in [4.69, 9.17) is 46.2 Å². The van der Waals surface area contributed by atoms with Gasteiger partial charge in [-0.1, -0.05) is 126 Å². The monoisotopic (exact) mass is 1520 g/mol. The maximum absolute atomic E-state index is 13.4. The van der Waals surface area contributed by atoms with Crippen molar-refractivity contribution in [3.63, 3.8) is 0 Å². The number of nitriles is 3. The summed E-state index contributed by atoms with van der Waals surface area (Å²) in [5, 5.41) is 28.0. The summed E-state index contributed by atoms with van der Waals surface area (Å²) >= 11 is 7.77. The Hall–Kier alpha value is -7.32. The predicted molar refractivity (Wildman–Crippen MR) is 391 cm³/mol. The van der Waals surface area contributed by atoms with Gasteiger partial charge in [0.15, 0.2) is 17.3 Å². The molecule has 1 saturated carbocycles. The van der Waals surface area contributed by atoms with Crippen molar-refractivity contribution in [3.05, 3.63) is 108 Å². The molecule has 0 aromatic heterocycles. The van der Waals surface area contributed by atoms with E-state index in [2.05, 4.69) is 21.2 Å². The molecule has 102 heavy (non-hydrogen) atoms. The number of hydrogen-bond acceptors (Lipinski definition) is 22. The van der Waals surface area contributed by atoms with Crippen LogP contribution in [0.1, 0.15) is 187 Å². The number of unbranched alkanes of at least 4 members (excludes halogenated alkanes) is 3. The average molecular weight is 1520 g/mol. The zero-order valence-electron chi connectivity index (χ0n) is 59.5. The second kappa shape index (κ2) is 36.9. The minimum Gasteiger partial charge on any atom is -0.464 e. The number of alkyl halides is 1. The number of benzene rings is 3. The predicted octanol–water partition coefficient (Wildman–Crippen LogP) is 11.0. The van der Waals surface area contributed by atoms with Gasteiger partial charge in [0.2, 0.25) is 17.7 Å². The summed E-state index contributed by atoms with van der Waals surface area (Å²) in [5.74, 6) is -3.63. The number of nitrogens with two attached hydrogens (primary N) is 2. The number of rotatable bonds is 26. The van der Waals surface area contributed by atoms with Gasteiger partial charge in [0.1, 0.15) is 29.8 Å². The van der Waals surface area contributed by atoms with Gasteiger partial charge < -0.3 is 50.4 Å². The van der Waals surface area contributed by atoms with Crippen molar-refractivity contribution in [2.24, 2.45) is 35.1 Å². The molecule has 0 spiro atoms. The zero-order chi connectivity index (χ0) is 74.9. The summed E-state index contributed by atoms with van der Waals surface area (Å²) in [5.41, 5.74) is 13.5. The Morgan fingerprint density at radius 3 is 1.23 bits per heavy atom. The molecule has 4 amide bonds. The topological polar surface area (TPSA) is 353 Å². The van der Waals surface area contributed by atoms with E-state index in [9.17, 15) is 47.9 Å². The molecule has 6 aliphatic heterocycles. The maximum Gasteiger partial charge on any atom is 0.408 e. The van der Waals surface area contributed by atoms with E-state index in [1.165, 1.54) is 47.7 Å². The molecule has 12 atom stereocenters. The average Bonchev–Trinajstić information content (AvgIpc) is 1.57. The fourth-order valence-corrected chi connectivity index (χ4v) is 18.8. The molecule has 6 saturated heterocycles. The highest BCUT2D eigenvalue weighted by molar-refractivity contribution is 9.09. The molecule has 7 fully saturated rings. The number of ether oxygens (including phenoxy) is 4. The quantitative estimate of drug-likeness (QED) is 0.0221. The molecular weight excluding hydrogens is 1430 g/mol. The lowest BCUT2D eigenvalue weighted by Crippen LogP contribution is -2.63. The van der Waals surface area contributed by atoms with Gasteiger partial charge in [-0.3, -0.25) is 28.8 Å². The Balaban J connectivity index is 0.000000207. The third-order valence-electron chi connectivity index (χ3n) is 18.7. The molecule has 7 aliphatic rings. The fourth-order valence-electron chi connectivity index (χ4n) is 13.5. The molecular formula is C75H96BrN9O14S3. The molecule has 3 aromatic rings. The molecule has 1 aliphatic carbocycles. The van der Waals surface area contributed by atoms with E-state index in [0.29, 0.717) is 43.8 Å². The maximum atomic E-state index is 13.4. The number of ketones is 3. The van der Waals surface area contributed by atoms with Gasteiger partial charge in [-0.2, -0.15) is 15.8 Å². The van der Waals surface area contributed by atoms with Gasteiger partial charge in [0.25, 0.3) is 0 Å². The molecule has 3 aromatic carbocycles. The lowest BCUT2D eigenvalue weighted by atomic mass is 9.86. The number of Topliss-reactive ketones (excluding diaryl/α,β-unsaturated/α-hetero) is 3. The van der Waals surface area contributed by atoms with Crippen molar-refractivity contribution in [1.29, 1.82) is 15.8 Å². The number of halogens is 1. The highest BCUT2D eigenvalue weighted by Crippen LogP contribution is 2.57. The van der Waals surface area contributed by atoms with Crippen LogP contribution in [0.15, 0.2) is 91.0 Å². The number of nitrogens with one attached hydrogen (secondary N) is 1. The Kier molecular flexibility index (Phi) is 29.7. The van der Waals surface area contributed by atoms with Crippen molar-refractivity contribution in [2.45, 2.75) is 224 Å². The van der Waals surface area contributed by atoms with E-state index < -0.39 is 91.9 Å². The number of carbonyl (C=O) groups is 10. The minimum absolute atomic E-state index is 0.0586. The normalized spacial score (nSPS) is 24.5. The van der Waals surface area contributed by atoms with E-state index in [0.717, 1.165) is 35.7 Å². The summed E-state index contributed by atoms with van der Waals surface area (Å²) in [6.45, 7) is 17.4. The standard InChI is InChI=1S/C26H33N3O6S.C24H32N2O4S.C21H25N3O4S.C4H6BrN/c1-25(2,3)35-24(33)28-19(16-11-7-6-8-12-16)18(30)15-17-21(31)29-20(26(4,5)36-22(17)29)23(32)34-14-10-9-13-27;1-24(2)20(23(29)30-14-15-9-5-3-6-10-15)26-21(28)17(22(26)31-24)13-18(27)19(25)16-11-7-4-8-12-16;1-21(2)17(20(27)28-11-7-6-10-22)24-18(26)14(19(24)29-21)12-15(25)16(23)13-8-4-3-5-9-13;5-3-1-2-4-6/h6-8,11-12,17,19-20,22H,9-10,14-15H2,1-5H3,(H,28,33);4,7-8,11-12,15,17,19-20,22H,3,5-6,9-10,13-14,25H2,1-2H3;3-5,8-9,14,16-17,19H,6-7,11-12,23H2,1-2H3;1-3H2/t2*17-,19-,20+,22-;14-,16-,17+,19-;/m111./s1. The summed E-state index contributed by atoms with van der Waals surface area (Å²) < 4.78 is 20.1. The summed E-state index contributed by atoms with van der Waals surface area (Å²) in [4.78, 5) is 133. The van der Waals surface area contributed by atoms with E-state index in [1.807, 2.05) is 114 Å². The number of fused-ring (bicyclic) bond motifs is 3. The second-order valence-corrected chi connectivity index (χ2v) is 34.9. The molecule has 27 heteroatoms. The van der Waals surface area contributed by atoms with Crippen molar-refractivity contribution in [2.75, 3.05) is 25.2 Å². The number of alkyl carbamates (subject to hydrolysis) is 1. The molecule has 0 radical (unpaired) electrons. The molecule has 0 bridgehead atoms. The molecule has 6 heterocycles. The van der Waals surface area contributed by atoms with Crippen molar-refractivity contribution in [3.8, 4) is 18.2 Å². The van der Waals surface area contributed by atoms with Gasteiger partial charge in [-0.15, -0.1) is 35.3 Å². The molecule has 23 nitrogen and oxygen atoms in total. The number of β-lactam (4-membered cyclic amide) rings is 3. The van der Waals surface area contributed by atoms with Crippen LogP contribution in [0, 0.1) is 57.7 Å². The van der Waals surface area contributed by atoms with Crippen LogP contribution in [0.4, 0.5) is 4.79 Å². The number of hydrogen-bond donors (Lipinski definition) is 3. The zero-order valence-corrected chi connectivity index (χ0v) is 63.6. The highest BCUT2D eigenvalue weighted by atomic mass is 79.9. The third-order valence-corrected chi connectivity index (χ3v) is 24.1. The van der Waals surface area contributed by atoms with Crippen LogP contribution in [-0.2, 0) is 62.1 Å². The highest BCUT2D eigenvalue weighted by Gasteiger charge is 2.67. The first-order chi connectivity index (χ1) is 48.3. The van der Waals surface area contributed by atoms with Crippen LogP contribution >= 0.6 is 51.2 Å². The number of carbonyl (C=O) groups excluding carboxylic acids is 10.